The largest absolute Gasteiger partial charge is 0.324 e. The highest BCUT2D eigenvalue weighted by Gasteiger charge is 2.21. The number of hydrogen-bond acceptors (Lipinski definition) is 2. The van der Waals surface area contributed by atoms with Crippen LogP contribution in [0.2, 0.25) is 0 Å². The maximum atomic E-state index is 5.89. The molecule has 0 bridgehead atoms. The monoisotopic (exact) mass is 223 g/mol. The molecule has 0 spiro atoms. The summed E-state index contributed by atoms with van der Waals surface area (Å²) < 4.78 is 0. The average molecular weight is 223 g/mol. The number of rotatable bonds is 2. The third kappa shape index (κ3) is 2.61. The minimum Gasteiger partial charge on any atom is -0.324 e. The van der Waals surface area contributed by atoms with Gasteiger partial charge in [-0.05, 0) is 43.7 Å². The lowest BCUT2D eigenvalue weighted by atomic mass is 9.82. The van der Waals surface area contributed by atoms with Crippen molar-refractivity contribution in [3.63, 3.8) is 0 Å². The first-order chi connectivity index (χ1) is 7.16. The minimum atomic E-state index is 0.200. The summed E-state index contributed by atoms with van der Waals surface area (Å²) in [6.45, 7) is 4.44. The van der Waals surface area contributed by atoms with Crippen LogP contribution in [0.3, 0.4) is 0 Å². The predicted octanol–water partition coefficient (Wildman–Crippen LogP) is 4.06. The van der Waals surface area contributed by atoms with Crippen molar-refractivity contribution in [2.24, 2.45) is 11.7 Å². The average Bonchev–Trinajstić information content (AvgIpc) is 2.68. The van der Waals surface area contributed by atoms with E-state index < -0.39 is 0 Å². The molecular weight excluding hydrogens is 202 g/mol. The molecule has 1 atom stereocenters. The molecule has 15 heavy (non-hydrogen) atoms. The normalized spacial score (nSPS) is 29.0. The second kappa shape index (κ2) is 4.67. The van der Waals surface area contributed by atoms with Gasteiger partial charge in [0.25, 0.3) is 0 Å². The summed E-state index contributed by atoms with van der Waals surface area (Å²) >= 11 is 1.92. The van der Waals surface area contributed by atoms with Gasteiger partial charge in [-0.3, -0.25) is 0 Å². The van der Waals surface area contributed by atoms with E-state index in [9.17, 15) is 0 Å². The van der Waals surface area contributed by atoms with Gasteiger partial charge in [-0.15, -0.1) is 11.3 Å². The summed E-state index contributed by atoms with van der Waals surface area (Å²) in [5, 5.41) is 0. The van der Waals surface area contributed by atoms with Gasteiger partial charge < -0.3 is 5.73 Å². The fourth-order valence-electron chi connectivity index (χ4n) is 2.38. The zero-order valence-electron chi connectivity index (χ0n) is 9.70. The van der Waals surface area contributed by atoms with E-state index in [4.69, 9.17) is 5.73 Å². The molecule has 2 heteroatoms. The highest BCUT2D eigenvalue weighted by Crippen LogP contribution is 2.39. The molecule has 1 aromatic heterocycles. The van der Waals surface area contributed by atoms with Gasteiger partial charge in [-0.2, -0.15) is 0 Å². The Kier molecular flexibility index (Phi) is 3.47. The van der Waals surface area contributed by atoms with Crippen molar-refractivity contribution >= 4 is 11.3 Å². The van der Waals surface area contributed by atoms with Gasteiger partial charge in [0.2, 0.25) is 0 Å². The second-order valence-electron chi connectivity index (χ2n) is 4.99. The first-order valence-electron chi connectivity index (χ1n) is 6.02. The lowest BCUT2D eigenvalue weighted by Gasteiger charge is -2.25. The fourth-order valence-corrected chi connectivity index (χ4v) is 3.51. The molecule has 1 unspecified atom stereocenters. The first-order valence-corrected chi connectivity index (χ1v) is 6.83. The summed E-state index contributed by atoms with van der Waals surface area (Å²) in [6, 6.07) is 4.71. The molecule has 0 amide bonds. The topological polar surface area (TPSA) is 26.0 Å². The smallest absolute Gasteiger partial charge is 0.0361 e. The standard InChI is InChI=1S/C13H21NS/c1-9-3-5-11(6-4-9)13-8-7-12(15-13)10(2)14/h7-11H,3-6,14H2,1-2H3. The van der Waals surface area contributed by atoms with Crippen LogP contribution in [0.1, 0.15) is 61.2 Å². The van der Waals surface area contributed by atoms with E-state index in [2.05, 4.69) is 26.0 Å². The Bertz CT molecular complexity index is 308. The summed E-state index contributed by atoms with van der Waals surface area (Å²) in [5.74, 6) is 1.76. The summed E-state index contributed by atoms with van der Waals surface area (Å²) in [5.41, 5.74) is 5.89. The molecule has 0 saturated heterocycles. The Hall–Kier alpha value is -0.340. The summed E-state index contributed by atoms with van der Waals surface area (Å²) in [7, 11) is 0. The SMILES string of the molecule is CC1CCC(c2ccc(C(C)N)s2)CC1. The van der Waals surface area contributed by atoms with Crippen molar-refractivity contribution in [3.8, 4) is 0 Å². The molecule has 1 aliphatic rings. The Morgan fingerprint density at radius 1 is 1.27 bits per heavy atom. The lowest BCUT2D eigenvalue weighted by molar-refractivity contribution is 0.350. The fraction of sp³-hybridized carbons (Fsp3) is 0.692. The molecule has 1 nitrogen and oxygen atoms in total. The highest BCUT2D eigenvalue weighted by atomic mass is 32.1. The van der Waals surface area contributed by atoms with Crippen LogP contribution in [0.5, 0.6) is 0 Å². The molecule has 84 valence electrons. The van der Waals surface area contributed by atoms with Crippen LogP contribution in [0, 0.1) is 5.92 Å². The van der Waals surface area contributed by atoms with E-state index in [-0.39, 0.29) is 6.04 Å². The Morgan fingerprint density at radius 3 is 2.47 bits per heavy atom. The quantitative estimate of drug-likeness (QED) is 0.804. The molecule has 1 saturated carbocycles. The Balaban J connectivity index is 2.03. The Labute approximate surface area is 96.7 Å². The molecule has 0 aliphatic heterocycles. The molecule has 1 fully saturated rings. The van der Waals surface area contributed by atoms with Crippen molar-refractivity contribution in [2.75, 3.05) is 0 Å². The minimum absolute atomic E-state index is 0.200. The van der Waals surface area contributed by atoms with Gasteiger partial charge in [-0.25, -0.2) is 0 Å². The second-order valence-corrected chi connectivity index (χ2v) is 6.13. The van der Waals surface area contributed by atoms with E-state index in [1.165, 1.54) is 30.6 Å². The van der Waals surface area contributed by atoms with E-state index in [0.717, 1.165) is 11.8 Å². The number of nitrogens with two attached hydrogens (primary N) is 1. The molecule has 1 aromatic rings. The maximum absolute atomic E-state index is 5.89. The molecule has 1 heterocycles. The molecule has 2 rings (SSSR count). The van der Waals surface area contributed by atoms with Gasteiger partial charge in [0.15, 0.2) is 0 Å². The van der Waals surface area contributed by atoms with E-state index in [0.29, 0.717) is 0 Å². The van der Waals surface area contributed by atoms with Crippen molar-refractivity contribution in [1.29, 1.82) is 0 Å². The lowest BCUT2D eigenvalue weighted by Crippen LogP contribution is -2.09. The van der Waals surface area contributed by atoms with Crippen LogP contribution in [-0.2, 0) is 0 Å². The zero-order chi connectivity index (χ0) is 10.8. The van der Waals surface area contributed by atoms with E-state index in [1.54, 1.807) is 4.88 Å². The molecule has 2 N–H and O–H groups in total. The van der Waals surface area contributed by atoms with Crippen molar-refractivity contribution < 1.29 is 0 Å². The molecule has 1 aliphatic carbocycles. The first kappa shape index (κ1) is 11.2. The van der Waals surface area contributed by atoms with Gasteiger partial charge in [-0.1, -0.05) is 19.8 Å². The van der Waals surface area contributed by atoms with Gasteiger partial charge >= 0.3 is 0 Å². The molecule has 0 aromatic carbocycles. The van der Waals surface area contributed by atoms with Crippen LogP contribution in [0.15, 0.2) is 12.1 Å². The van der Waals surface area contributed by atoms with E-state index >= 15 is 0 Å². The van der Waals surface area contributed by atoms with Gasteiger partial charge in [0, 0.05) is 15.8 Å². The third-order valence-electron chi connectivity index (χ3n) is 3.51. The van der Waals surface area contributed by atoms with Gasteiger partial charge in [0.1, 0.15) is 0 Å². The van der Waals surface area contributed by atoms with Crippen LogP contribution in [-0.4, -0.2) is 0 Å². The Morgan fingerprint density at radius 2 is 1.93 bits per heavy atom. The third-order valence-corrected chi connectivity index (χ3v) is 4.96. The number of hydrogen-bond donors (Lipinski definition) is 1. The van der Waals surface area contributed by atoms with E-state index in [1.807, 2.05) is 11.3 Å². The van der Waals surface area contributed by atoms with Gasteiger partial charge in [0.05, 0.1) is 0 Å². The maximum Gasteiger partial charge on any atom is 0.0361 e. The van der Waals surface area contributed by atoms with Crippen LogP contribution in [0.25, 0.3) is 0 Å². The van der Waals surface area contributed by atoms with Crippen LogP contribution in [0.4, 0.5) is 0 Å². The number of thiophene rings is 1. The summed E-state index contributed by atoms with van der Waals surface area (Å²) in [4.78, 5) is 2.90. The van der Waals surface area contributed by atoms with Crippen molar-refractivity contribution in [2.45, 2.75) is 51.5 Å². The van der Waals surface area contributed by atoms with Crippen LogP contribution < -0.4 is 5.73 Å². The van der Waals surface area contributed by atoms with Crippen molar-refractivity contribution in [1.82, 2.24) is 0 Å². The molecular formula is C13H21NS. The van der Waals surface area contributed by atoms with Crippen molar-refractivity contribution in [3.05, 3.63) is 21.9 Å². The molecule has 0 radical (unpaired) electrons. The summed E-state index contributed by atoms with van der Waals surface area (Å²) in [6.07, 6.45) is 5.55. The highest BCUT2D eigenvalue weighted by molar-refractivity contribution is 7.12. The van der Waals surface area contributed by atoms with Crippen LogP contribution >= 0.6 is 11.3 Å². The predicted molar refractivity (Wildman–Crippen MR) is 67.3 cm³/mol. The zero-order valence-corrected chi connectivity index (χ0v) is 10.5.